The third-order valence-electron chi connectivity index (χ3n) is 4.35. The average Bonchev–Trinajstić information content (AvgIpc) is 2.32. The zero-order valence-corrected chi connectivity index (χ0v) is 10.2. The van der Waals surface area contributed by atoms with Crippen molar-refractivity contribution in [3.63, 3.8) is 0 Å². The van der Waals surface area contributed by atoms with Gasteiger partial charge >= 0.3 is 0 Å². The highest BCUT2D eigenvalue weighted by molar-refractivity contribution is 5.79. The van der Waals surface area contributed by atoms with Gasteiger partial charge in [0.2, 0.25) is 0 Å². The van der Waals surface area contributed by atoms with Gasteiger partial charge in [0.05, 0.1) is 24.9 Å². The molecule has 2 heteroatoms. The number of carbonyl (C=O) groups excluding carboxylic acids is 1. The molecule has 1 unspecified atom stereocenters. The molecule has 90 valence electrons. The summed E-state index contributed by atoms with van der Waals surface area (Å²) in [7, 11) is 0. The molecular weight excluding hydrogens is 210 g/mol. The number of hydrogen-bond donors (Lipinski definition) is 1. The molecule has 2 saturated heterocycles. The van der Waals surface area contributed by atoms with Gasteiger partial charge < -0.3 is 4.90 Å². The van der Waals surface area contributed by atoms with Crippen molar-refractivity contribution in [1.29, 1.82) is 0 Å². The Labute approximate surface area is 103 Å². The molecule has 1 aromatic rings. The van der Waals surface area contributed by atoms with Gasteiger partial charge in [-0.3, -0.25) is 4.79 Å². The van der Waals surface area contributed by atoms with E-state index in [1.54, 1.807) is 4.90 Å². The predicted molar refractivity (Wildman–Crippen MR) is 66.8 cm³/mol. The maximum atomic E-state index is 11.7. The maximum absolute atomic E-state index is 11.7. The van der Waals surface area contributed by atoms with Crippen molar-refractivity contribution in [2.24, 2.45) is 0 Å². The van der Waals surface area contributed by atoms with E-state index in [0.717, 1.165) is 19.4 Å². The van der Waals surface area contributed by atoms with Crippen LogP contribution >= 0.6 is 0 Å². The first-order valence-corrected chi connectivity index (χ1v) is 6.74. The molecular formula is C15H20NO+. The Bertz CT molecular complexity index is 385. The molecule has 1 N–H and O–H groups in total. The number of Topliss-reactive ketones (excluding diaryl/α,β-unsaturated/α-hetero) is 1. The van der Waals surface area contributed by atoms with Crippen LogP contribution in [0.1, 0.15) is 37.7 Å². The van der Waals surface area contributed by atoms with Crippen molar-refractivity contribution in [2.45, 2.75) is 50.7 Å². The molecule has 2 nitrogen and oxygen atoms in total. The summed E-state index contributed by atoms with van der Waals surface area (Å²) in [5, 5.41) is 0. The Hall–Kier alpha value is -1.15. The van der Waals surface area contributed by atoms with E-state index in [-0.39, 0.29) is 0 Å². The van der Waals surface area contributed by atoms with E-state index < -0.39 is 0 Å². The van der Waals surface area contributed by atoms with Crippen molar-refractivity contribution >= 4 is 5.78 Å². The Balaban J connectivity index is 1.76. The van der Waals surface area contributed by atoms with Crippen molar-refractivity contribution in [3.05, 3.63) is 35.9 Å². The lowest BCUT2D eigenvalue weighted by atomic mass is 9.83. The van der Waals surface area contributed by atoms with Gasteiger partial charge in [-0.2, -0.15) is 0 Å². The fraction of sp³-hybridized carbons (Fsp3) is 0.533. The lowest BCUT2D eigenvalue weighted by Gasteiger charge is -2.42. The van der Waals surface area contributed by atoms with Crippen LogP contribution in [0, 0.1) is 0 Å². The molecule has 0 saturated carbocycles. The largest absolute Gasteiger partial charge is 0.326 e. The summed E-state index contributed by atoms with van der Waals surface area (Å²) in [4.78, 5) is 13.3. The second-order valence-electron chi connectivity index (χ2n) is 5.51. The third kappa shape index (κ3) is 2.27. The van der Waals surface area contributed by atoms with Crippen molar-refractivity contribution in [1.82, 2.24) is 0 Å². The van der Waals surface area contributed by atoms with Crippen LogP contribution in [0.2, 0.25) is 0 Å². The van der Waals surface area contributed by atoms with E-state index in [4.69, 9.17) is 0 Å². The van der Waals surface area contributed by atoms with Crippen LogP contribution in [-0.2, 0) is 11.3 Å². The number of carbonyl (C=O) groups is 1. The average molecular weight is 230 g/mol. The minimum atomic E-state index is 0.497. The zero-order valence-electron chi connectivity index (χ0n) is 10.2. The molecule has 2 aliphatic rings. The Morgan fingerprint density at radius 3 is 2.35 bits per heavy atom. The number of hydrogen-bond acceptors (Lipinski definition) is 1. The Morgan fingerprint density at radius 1 is 1.06 bits per heavy atom. The van der Waals surface area contributed by atoms with E-state index in [2.05, 4.69) is 30.3 Å². The quantitative estimate of drug-likeness (QED) is 0.814. The second kappa shape index (κ2) is 4.61. The van der Waals surface area contributed by atoms with Gasteiger partial charge in [-0.1, -0.05) is 30.3 Å². The van der Waals surface area contributed by atoms with Crippen LogP contribution in [-0.4, -0.2) is 17.9 Å². The lowest BCUT2D eigenvalue weighted by molar-refractivity contribution is -0.969. The summed E-state index contributed by atoms with van der Waals surface area (Å²) in [6, 6.07) is 11.9. The number of ketones is 1. The SMILES string of the molecule is O=C1C[C@H]2CCC[C@@H](C1)[NH+]2Cc1ccccc1. The molecule has 1 aromatic carbocycles. The summed E-state index contributed by atoms with van der Waals surface area (Å²) in [6.45, 7) is 1.10. The van der Waals surface area contributed by atoms with Gasteiger partial charge in [0.15, 0.2) is 0 Å². The van der Waals surface area contributed by atoms with Crippen LogP contribution in [0.3, 0.4) is 0 Å². The number of piperidine rings is 2. The number of benzene rings is 1. The molecule has 3 atom stereocenters. The summed E-state index contributed by atoms with van der Waals surface area (Å²) in [5.41, 5.74) is 1.41. The molecule has 2 heterocycles. The van der Waals surface area contributed by atoms with E-state index in [1.165, 1.54) is 24.8 Å². The number of rotatable bonds is 2. The fourth-order valence-electron chi connectivity index (χ4n) is 3.53. The Kier molecular flexibility index (Phi) is 2.98. The van der Waals surface area contributed by atoms with Crippen LogP contribution in [0.5, 0.6) is 0 Å². The standard InChI is InChI=1S/C15H19NO/c17-15-9-13-7-4-8-14(10-15)16(13)11-12-5-2-1-3-6-12/h1-3,5-6,13-14H,4,7-11H2/p+1/t13-,14+. The predicted octanol–water partition coefficient (Wildman–Crippen LogP) is 1.36. The van der Waals surface area contributed by atoms with E-state index in [0.29, 0.717) is 17.9 Å². The van der Waals surface area contributed by atoms with Gasteiger partial charge in [-0.05, 0) is 6.42 Å². The monoisotopic (exact) mass is 230 g/mol. The molecule has 2 bridgehead atoms. The molecule has 0 aliphatic carbocycles. The van der Waals surface area contributed by atoms with E-state index in [1.807, 2.05) is 0 Å². The molecule has 2 aliphatic heterocycles. The summed E-state index contributed by atoms with van der Waals surface area (Å²) in [6.07, 6.45) is 5.44. The fourth-order valence-corrected chi connectivity index (χ4v) is 3.53. The summed E-state index contributed by atoms with van der Waals surface area (Å²) in [5.74, 6) is 0.497. The molecule has 0 radical (unpaired) electrons. The van der Waals surface area contributed by atoms with Crippen LogP contribution in [0.25, 0.3) is 0 Å². The van der Waals surface area contributed by atoms with Crippen molar-refractivity contribution in [3.8, 4) is 0 Å². The van der Waals surface area contributed by atoms with Crippen LogP contribution in [0.15, 0.2) is 30.3 Å². The van der Waals surface area contributed by atoms with Crippen LogP contribution < -0.4 is 4.90 Å². The lowest BCUT2D eigenvalue weighted by Crippen LogP contribution is -3.20. The van der Waals surface area contributed by atoms with Gasteiger partial charge in [0, 0.05) is 18.4 Å². The highest BCUT2D eigenvalue weighted by Gasteiger charge is 2.40. The van der Waals surface area contributed by atoms with Gasteiger partial charge in [0.25, 0.3) is 0 Å². The van der Waals surface area contributed by atoms with Gasteiger partial charge in [-0.25, -0.2) is 0 Å². The maximum Gasteiger partial charge on any atom is 0.144 e. The highest BCUT2D eigenvalue weighted by Crippen LogP contribution is 2.20. The van der Waals surface area contributed by atoms with E-state index >= 15 is 0 Å². The second-order valence-corrected chi connectivity index (χ2v) is 5.51. The zero-order chi connectivity index (χ0) is 11.7. The normalized spacial score (nSPS) is 32.5. The van der Waals surface area contributed by atoms with Gasteiger partial charge in [-0.15, -0.1) is 0 Å². The summed E-state index contributed by atoms with van der Waals surface area (Å²) >= 11 is 0. The van der Waals surface area contributed by atoms with Crippen molar-refractivity contribution < 1.29 is 9.69 Å². The molecule has 2 fully saturated rings. The smallest absolute Gasteiger partial charge is 0.144 e. The minimum absolute atomic E-state index is 0.497. The minimum Gasteiger partial charge on any atom is -0.326 e. The van der Waals surface area contributed by atoms with Crippen molar-refractivity contribution in [2.75, 3.05) is 0 Å². The number of quaternary nitrogens is 1. The highest BCUT2D eigenvalue weighted by atomic mass is 16.1. The first kappa shape index (κ1) is 11.0. The number of nitrogens with one attached hydrogen (secondary N) is 1. The van der Waals surface area contributed by atoms with Gasteiger partial charge in [0.1, 0.15) is 12.3 Å². The first-order valence-electron chi connectivity index (χ1n) is 6.74. The number of fused-ring (bicyclic) bond motifs is 2. The molecule has 0 aromatic heterocycles. The van der Waals surface area contributed by atoms with Crippen LogP contribution in [0.4, 0.5) is 0 Å². The molecule has 3 rings (SSSR count). The Morgan fingerprint density at radius 2 is 1.71 bits per heavy atom. The topological polar surface area (TPSA) is 21.5 Å². The third-order valence-corrected chi connectivity index (χ3v) is 4.35. The first-order chi connectivity index (χ1) is 8.33. The van der Waals surface area contributed by atoms with E-state index in [9.17, 15) is 4.79 Å². The summed E-state index contributed by atoms with van der Waals surface area (Å²) < 4.78 is 0. The molecule has 0 spiro atoms. The molecule has 0 amide bonds. The molecule has 17 heavy (non-hydrogen) atoms.